The molecule has 124 valence electrons. The monoisotopic (exact) mass is 316 g/mol. The molecule has 0 bridgehead atoms. The van der Waals surface area contributed by atoms with E-state index in [-0.39, 0.29) is 18.7 Å². The van der Waals surface area contributed by atoms with Crippen molar-refractivity contribution in [1.29, 1.82) is 0 Å². The molecule has 0 saturated carbocycles. The molecule has 0 unspecified atom stereocenters. The molecule has 5 heteroatoms. The van der Waals surface area contributed by atoms with Crippen molar-refractivity contribution in [2.45, 2.75) is 32.2 Å². The lowest BCUT2D eigenvalue weighted by atomic mass is 10.0. The molecule has 1 amide bonds. The molecule has 0 atom stereocenters. The standard InChI is InChI=1S/C18H24N2O3/c1-2-9-20-10-7-15(8-11-20)19-18(21)6-4-14-3-5-16-17(12-14)23-13-22-16/h3-6,12,15H,2,7-11,13H2,1H3,(H,19,21)/b6-4+. The number of rotatable bonds is 5. The van der Waals surface area contributed by atoms with Crippen LogP contribution < -0.4 is 14.8 Å². The fourth-order valence-electron chi connectivity index (χ4n) is 3.06. The number of hydrogen-bond donors (Lipinski definition) is 1. The number of nitrogens with one attached hydrogen (secondary N) is 1. The molecule has 1 aromatic carbocycles. The second kappa shape index (κ2) is 7.51. The van der Waals surface area contributed by atoms with E-state index < -0.39 is 0 Å². The zero-order valence-corrected chi connectivity index (χ0v) is 13.6. The number of hydrogen-bond acceptors (Lipinski definition) is 4. The van der Waals surface area contributed by atoms with Crippen molar-refractivity contribution < 1.29 is 14.3 Å². The fraction of sp³-hybridized carbons (Fsp3) is 0.500. The van der Waals surface area contributed by atoms with Crippen LogP contribution in [0, 0.1) is 0 Å². The normalized spacial score (nSPS) is 18.5. The van der Waals surface area contributed by atoms with Crippen LogP contribution in [0.25, 0.3) is 6.08 Å². The molecule has 1 fully saturated rings. The minimum absolute atomic E-state index is 0.0309. The summed E-state index contributed by atoms with van der Waals surface area (Å²) in [6.07, 6.45) is 6.65. The van der Waals surface area contributed by atoms with Crippen LogP contribution in [0.15, 0.2) is 24.3 Å². The summed E-state index contributed by atoms with van der Waals surface area (Å²) in [6, 6.07) is 5.95. The SMILES string of the molecule is CCCN1CCC(NC(=O)/C=C/c2ccc3c(c2)OCO3)CC1. The third-order valence-electron chi connectivity index (χ3n) is 4.30. The number of likely N-dealkylation sites (tertiary alicyclic amines) is 1. The molecule has 2 heterocycles. The molecule has 1 N–H and O–H groups in total. The van der Waals surface area contributed by atoms with Gasteiger partial charge in [-0.2, -0.15) is 0 Å². The Labute approximate surface area is 137 Å². The summed E-state index contributed by atoms with van der Waals surface area (Å²) in [7, 11) is 0. The van der Waals surface area contributed by atoms with E-state index in [2.05, 4.69) is 17.1 Å². The van der Waals surface area contributed by atoms with Crippen molar-refractivity contribution in [3.05, 3.63) is 29.8 Å². The molecule has 1 saturated heterocycles. The lowest BCUT2D eigenvalue weighted by Gasteiger charge is -2.31. The molecule has 5 nitrogen and oxygen atoms in total. The highest BCUT2D eigenvalue weighted by Crippen LogP contribution is 2.32. The van der Waals surface area contributed by atoms with Crippen LogP contribution in [0.2, 0.25) is 0 Å². The third-order valence-corrected chi connectivity index (χ3v) is 4.30. The Morgan fingerprint density at radius 2 is 2.09 bits per heavy atom. The molecular weight excluding hydrogens is 292 g/mol. The predicted molar refractivity (Wildman–Crippen MR) is 89.5 cm³/mol. The van der Waals surface area contributed by atoms with Gasteiger partial charge in [0.1, 0.15) is 0 Å². The highest BCUT2D eigenvalue weighted by Gasteiger charge is 2.19. The third kappa shape index (κ3) is 4.26. The van der Waals surface area contributed by atoms with Gasteiger partial charge in [-0.3, -0.25) is 4.79 Å². The van der Waals surface area contributed by atoms with E-state index in [1.54, 1.807) is 6.08 Å². The van der Waals surface area contributed by atoms with Gasteiger partial charge in [-0.15, -0.1) is 0 Å². The first-order valence-electron chi connectivity index (χ1n) is 8.35. The van der Waals surface area contributed by atoms with Gasteiger partial charge in [0.05, 0.1) is 0 Å². The highest BCUT2D eigenvalue weighted by atomic mass is 16.7. The smallest absolute Gasteiger partial charge is 0.244 e. The van der Waals surface area contributed by atoms with Gasteiger partial charge in [0.25, 0.3) is 0 Å². The van der Waals surface area contributed by atoms with Gasteiger partial charge in [-0.1, -0.05) is 13.0 Å². The van der Waals surface area contributed by atoms with Crippen LogP contribution in [0.5, 0.6) is 11.5 Å². The summed E-state index contributed by atoms with van der Waals surface area (Å²) in [5.74, 6) is 1.46. The van der Waals surface area contributed by atoms with Crippen LogP contribution in [0.1, 0.15) is 31.7 Å². The van der Waals surface area contributed by atoms with Crippen molar-refractivity contribution in [3.63, 3.8) is 0 Å². The van der Waals surface area contributed by atoms with E-state index in [0.717, 1.165) is 49.5 Å². The van der Waals surface area contributed by atoms with Gasteiger partial charge in [-0.05, 0) is 49.6 Å². The Morgan fingerprint density at radius 3 is 2.87 bits per heavy atom. The van der Waals surface area contributed by atoms with E-state index in [9.17, 15) is 4.79 Å². The lowest BCUT2D eigenvalue weighted by molar-refractivity contribution is -0.117. The Balaban J connectivity index is 1.48. The van der Waals surface area contributed by atoms with Gasteiger partial charge >= 0.3 is 0 Å². The van der Waals surface area contributed by atoms with E-state index in [4.69, 9.17) is 9.47 Å². The van der Waals surface area contributed by atoms with Crippen molar-refractivity contribution in [1.82, 2.24) is 10.2 Å². The van der Waals surface area contributed by atoms with Gasteiger partial charge in [0, 0.05) is 25.2 Å². The zero-order chi connectivity index (χ0) is 16.1. The topological polar surface area (TPSA) is 50.8 Å². The van der Waals surface area contributed by atoms with Crippen LogP contribution >= 0.6 is 0 Å². The van der Waals surface area contributed by atoms with Crippen LogP contribution in [0.3, 0.4) is 0 Å². The first-order chi connectivity index (χ1) is 11.2. The molecule has 0 aliphatic carbocycles. The molecule has 0 aromatic heterocycles. The maximum atomic E-state index is 12.1. The summed E-state index contributed by atoms with van der Waals surface area (Å²) < 4.78 is 10.6. The molecule has 0 spiro atoms. The molecule has 3 rings (SSSR count). The number of amides is 1. The first-order valence-corrected chi connectivity index (χ1v) is 8.35. The summed E-state index contributed by atoms with van der Waals surface area (Å²) in [6.45, 7) is 5.77. The number of benzene rings is 1. The summed E-state index contributed by atoms with van der Waals surface area (Å²) in [5.41, 5.74) is 0.933. The number of fused-ring (bicyclic) bond motifs is 1. The molecule has 1 aromatic rings. The number of ether oxygens (including phenoxy) is 2. The first kappa shape index (κ1) is 15.9. The van der Waals surface area contributed by atoms with E-state index in [1.165, 1.54) is 6.42 Å². The van der Waals surface area contributed by atoms with E-state index in [1.807, 2.05) is 24.3 Å². The van der Waals surface area contributed by atoms with E-state index in [0.29, 0.717) is 0 Å². The Hall–Kier alpha value is -2.01. The van der Waals surface area contributed by atoms with Crippen molar-refractivity contribution in [2.75, 3.05) is 26.4 Å². The molecule has 2 aliphatic rings. The van der Waals surface area contributed by atoms with Crippen molar-refractivity contribution in [2.24, 2.45) is 0 Å². The molecule has 23 heavy (non-hydrogen) atoms. The summed E-state index contributed by atoms with van der Waals surface area (Å²) >= 11 is 0. The number of carbonyl (C=O) groups is 1. The summed E-state index contributed by atoms with van der Waals surface area (Å²) in [5, 5.41) is 3.10. The zero-order valence-electron chi connectivity index (χ0n) is 13.6. The maximum Gasteiger partial charge on any atom is 0.244 e. The number of carbonyl (C=O) groups excluding carboxylic acids is 1. The number of piperidine rings is 1. The molecular formula is C18H24N2O3. The maximum absolute atomic E-state index is 12.1. The quantitative estimate of drug-likeness (QED) is 0.848. The van der Waals surface area contributed by atoms with Crippen molar-refractivity contribution >= 4 is 12.0 Å². The Morgan fingerprint density at radius 1 is 1.30 bits per heavy atom. The van der Waals surface area contributed by atoms with Crippen LogP contribution in [-0.2, 0) is 4.79 Å². The minimum atomic E-state index is -0.0309. The Bertz CT molecular complexity index is 578. The predicted octanol–water partition coefficient (Wildman–Crippen LogP) is 2.42. The molecule has 0 radical (unpaired) electrons. The van der Waals surface area contributed by atoms with Crippen LogP contribution in [0.4, 0.5) is 0 Å². The largest absolute Gasteiger partial charge is 0.454 e. The average molecular weight is 316 g/mol. The van der Waals surface area contributed by atoms with Gasteiger partial charge in [0.15, 0.2) is 11.5 Å². The van der Waals surface area contributed by atoms with Gasteiger partial charge < -0.3 is 19.7 Å². The van der Waals surface area contributed by atoms with Gasteiger partial charge in [0.2, 0.25) is 12.7 Å². The Kier molecular flexibility index (Phi) is 5.18. The fourth-order valence-corrected chi connectivity index (χ4v) is 3.06. The lowest BCUT2D eigenvalue weighted by Crippen LogP contribution is -2.44. The van der Waals surface area contributed by atoms with Crippen LogP contribution in [-0.4, -0.2) is 43.3 Å². The summed E-state index contributed by atoms with van der Waals surface area (Å²) in [4.78, 5) is 14.5. The minimum Gasteiger partial charge on any atom is -0.454 e. The van der Waals surface area contributed by atoms with Crippen molar-refractivity contribution in [3.8, 4) is 11.5 Å². The second-order valence-electron chi connectivity index (χ2n) is 6.07. The highest BCUT2D eigenvalue weighted by molar-refractivity contribution is 5.92. The van der Waals surface area contributed by atoms with Gasteiger partial charge in [-0.25, -0.2) is 0 Å². The average Bonchev–Trinajstić information content (AvgIpc) is 3.03. The van der Waals surface area contributed by atoms with E-state index >= 15 is 0 Å². The number of nitrogens with zero attached hydrogens (tertiary/aromatic N) is 1. The second-order valence-corrected chi connectivity index (χ2v) is 6.07. The molecule has 2 aliphatic heterocycles.